The fraction of sp³-hybridized carbons (Fsp3) is 0.483. The third kappa shape index (κ3) is 4.96. The van der Waals surface area contributed by atoms with Crippen molar-refractivity contribution in [2.45, 2.75) is 76.1 Å². The molecule has 40 heavy (non-hydrogen) atoms. The van der Waals surface area contributed by atoms with Crippen LogP contribution in [0.2, 0.25) is 0 Å². The Balaban J connectivity index is 1.06. The average Bonchev–Trinajstić information content (AvgIpc) is 3.70. The second kappa shape index (κ2) is 10.8. The molecule has 2 saturated heterocycles. The highest BCUT2D eigenvalue weighted by molar-refractivity contribution is 6.25. The van der Waals surface area contributed by atoms with Crippen molar-refractivity contribution in [2.75, 3.05) is 18.4 Å². The largest absolute Gasteiger partial charge is 0.446 e. The topological polar surface area (TPSA) is 126 Å². The number of aromatic nitrogens is 2. The van der Waals surface area contributed by atoms with Crippen LogP contribution in [0.3, 0.4) is 0 Å². The molecule has 1 aromatic heterocycles. The Morgan fingerprint density at radius 3 is 2.60 bits per heavy atom. The first-order valence-electron chi connectivity index (χ1n) is 14.1. The number of imide groups is 1. The van der Waals surface area contributed by atoms with Crippen molar-refractivity contribution in [1.82, 2.24) is 24.9 Å². The molecule has 0 spiro atoms. The summed E-state index contributed by atoms with van der Waals surface area (Å²) >= 11 is 0. The zero-order valence-corrected chi connectivity index (χ0v) is 22.4. The molecule has 0 bridgehead atoms. The zero-order valence-electron chi connectivity index (χ0n) is 22.4. The number of ether oxygens (including phenoxy) is 1. The number of hydrogen-bond acceptors (Lipinski definition) is 7. The standard InChI is InChI=1S/C29H34N6O5/c1-18-9-10-24(26(36)32-18)35-27(37)22-7-4-8-23(25(22)28(35)38)30-15-19-16-31-34(17-19)20-11-13-33(14-12-20)29(39)40-21-5-2-3-6-21/h4,7-8,16-17,20-21,24,30H,1-3,5-6,9-15H2,(H,32,36). The lowest BCUT2D eigenvalue weighted by atomic mass is 10.0. The third-order valence-electron chi connectivity index (χ3n) is 8.38. The summed E-state index contributed by atoms with van der Waals surface area (Å²) in [6, 6.07) is 4.46. The van der Waals surface area contributed by atoms with Crippen LogP contribution >= 0.6 is 0 Å². The zero-order chi connectivity index (χ0) is 27.8. The number of allylic oxidation sites excluding steroid dienone is 1. The van der Waals surface area contributed by atoms with Gasteiger partial charge in [-0.2, -0.15) is 5.10 Å². The van der Waals surface area contributed by atoms with Crippen LogP contribution in [0.1, 0.15) is 83.7 Å². The van der Waals surface area contributed by atoms with Crippen LogP contribution in [-0.4, -0.2) is 68.6 Å². The van der Waals surface area contributed by atoms with Gasteiger partial charge in [0.15, 0.2) is 0 Å². The minimum absolute atomic E-state index is 0.0703. The van der Waals surface area contributed by atoms with Gasteiger partial charge in [0.1, 0.15) is 12.1 Å². The predicted octanol–water partition coefficient (Wildman–Crippen LogP) is 3.60. The third-order valence-corrected chi connectivity index (χ3v) is 8.38. The van der Waals surface area contributed by atoms with Crippen LogP contribution in [0.5, 0.6) is 0 Å². The molecule has 4 amide bonds. The van der Waals surface area contributed by atoms with Crippen LogP contribution in [0.4, 0.5) is 10.5 Å². The number of hydrogen-bond donors (Lipinski definition) is 2. The van der Waals surface area contributed by atoms with E-state index in [1.807, 2.05) is 10.9 Å². The maximum Gasteiger partial charge on any atom is 0.410 e. The molecule has 4 heterocycles. The number of anilines is 1. The molecule has 1 unspecified atom stereocenters. The van der Waals surface area contributed by atoms with E-state index in [4.69, 9.17) is 4.74 Å². The number of benzene rings is 1. The average molecular weight is 547 g/mol. The van der Waals surface area contributed by atoms with Gasteiger partial charge in [0, 0.05) is 42.8 Å². The molecule has 2 N–H and O–H groups in total. The Bertz CT molecular complexity index is 1350. The Kier molecular flexibility index (Phi) is 7.03. The number of nitrogens with one attached hydrogen (secondary N) is 2. The molecule has 11 nitrogen and oxygen atoms in total. The van der Waals surface area contributed by atoms with E-state index < -0.39 is 17.9 Å². The molecular weight excluding hydrogens is 512 g/mol. The SMILES string of the molecule is C=C1CCC(N2C(=O)c3cccc(NCc4cnn(C5CCN(C(=O)OC6CCCC6)CC5)c4)c3C2=O)C(=O)N1. The Morgan fingerprint density at radius 2 is 1.85 bits per heavy atom. The first-order valence-corrected chi connectivity index (χ1v) is 14.1. The lowest BCUT2D eigenvalue weighted by Crippen LogP contribution is -2.51. The van der Waals surface area contributed by atoms with Gasteiger partial charge < -0.3 is 20.3 Å². The van der Waals surface area contributed by atoms with Gasteiger partial charge in [0.05, 0.1) is 23.4 Å². The van der Waals surface area contributed by atoms with Crippen LogP contribution in [0.15, 0.2) is 42.9 Å². The van der Waals surface area contributed by atoms with E-state index in [9.17, 15) is 19.2 Å². The monoisotopic (exact) mass is 546 g/mol. The van der Waals surface area contributed by atoms with Crippen molar-refractivity contribution in [3.63, 3.8) is 0 Å². The summed E-state index contributed by atoms with van der Waals surface area (Å²) in [4.78, 5) is 54.3. The molecule has 1 aromatic carbocycles. The van der Waals surface area contributed by atoms with E-state index in [0.717, 1.165) is 49.0 Å². The minimum Gasteiger partial charge on any atom is -0.446 e. The molecule has 1 aliphatic carbocycles. The summed E-state index contributed by atoms with van der Waals surface area (Å²) in [6.45, 7) is 5.46. The Hall–Kier alpha value is -4.15. The van der Waals surface area contributed by atoms with Crippen molar-refractivity contribution in [3.8, 4) is 0 Å². The van der Waals surface area contributed by atoms with E-state index in [-0.39, 0.29) is 29.7 Å². The van der Waals surface area contributed by atoms with Gasteiger partial charge in [-0.25, -0.2) is 4.79 Å². The van der Waals surface area contributed by atoms with Crippen LogP contribution < -0.4 is 10.6 Å². The number of likely N-dealkylation sites (tertiary alicyclic amines) is 1. The quantitative estimate of drug-likeness (QED) is 0.530. The number of amides is 4. The second-order valence-electron chi connectivity index (χ2n) is 11.0. The van der Waals surface area contributed by atoms with Crippen LogP contribution in [0.25, 0.3) is 0 Å². The number of piperidine rings is 2. The van der Waals surface area contributed by atoms with Gasteiger partial charge in [-0.1, -0.05) is 12.6 Å². The molecule has 6 rings (SSSR count). The lowest BCUT2D eigenvalue weighted by Gasteiger charge is -2.32. The van der Waals surface area contributed by atoms with Gasteiger partial charge in [0.2, 0.25) is 5.91 Å². The van der Waals surface area contributed by atoms with Crippen molar-refractivity contribution in [2.24, 2.45) is 0 Å². The maximum absolute atomic E-state index is 13.4. The van der Waals surface area contributed by atoms with Crippen molar-refractivity contribution in [3.05, 3.63) is 59.6 Å². The molecule has 1 atom stereocenters. The number of carbonyl (C=O) groups excluding carboxylic acids is 4. The van der Waals surface area contributed by atoms with Gasteiger partial charge in [-0.3, -0.25) is 24.0 Å². The van der Waals surface area contributed by atoms with Crippen molar-refractivity contribution in [1.29, 1.82) is 0 Å². The lowest BCUT2D eigenvalue weighted by molar-refractivity contribution is -0.125. The summed E-state index contributed by atoms with van der Waals surface area (Å²) in [6.07, 6.45) is 10.3. The summed E-state index contributed by atoms with van der Waals surface area (Å²) in [5.41, 5.74) is 2.64. The van der Waals surface area contributed by atoms with Crippen molar-refractivity contribution < 1.29 is 23.9 Å². The molecule has 3 aliphatic heterocycles. The molecule has 210 valence electrons. The van der Waals surface area contributed by atoms with E-state index in [2.05, 4.69) is 22.3 Å². The first-order chi connectivity index (χ1) is 19.4. The Morgan fingerprint density at radius 1 is 1.07 bits per heavy atom. The molecule has 0 radical (unpaired) electrons. The second-order valence-corrected chi connectivity index (χ2v) is 11.0. The van der Waals surface area contributed by atoms with E-state index in [1.165, 1.54) is 0 Å². The molecule has 2 aromatic rings. The maximum atomic E-state index is 13.4. The Labute approximate surface area is 232 Å². The highest BCUT2D eigenvalue weighted by atomic mass is 16.6. The first kappa shape index (κ1) is 26.1. The fourth-order valence-electron chi connectivity index (χ4n) is 6.14. The number of nitrogens with zero attached hydrogens (tertiary/aromatic N) is 4. The van der Waals surface area contributed by atoms with Crippen LogP contribution in [-0.2, 0) is 16.1 Å². The summed E-state index contributed by atoms with van der Waals surface area (Å²) in [7, 11) is 0. The highest BCUT2D eigenvalue weighted by Gasteiger charge is 2.45. The van der Waals surface area contributed by atoms with Gasteiger partial charge in [-0.05, 0) is 63.5 Å². The highest BCUT2D eigenvalue weighted by Crippen LogP contribution is 2.33. The summed E-state index contributed by atoms with van der Waals surface area (Å²) in [5.74, 6) is -1.31. The van der Waals surface area contributed by atoms with Gasteiger partial charge >= 0.3 is 6.09 Å². The number of carbonyl (C=O) groups is 4. The molecule has 11 heteroatoms. The number of rotatable bonds is 6. The minimum atomic E-state index is -0.847. The summed E-state index contributed by atoms with van der Waals surface area (Å²) < 4.78 is 7.59. The van der Waals surface area contributed by atoms with Gasteiger partial charge in [0.25, 0.3) is 11.8 Å². The molecule has 1 saturated carbocycles. The van der Waals surface area contributed by atoms with Crippen LogP contribution in [0, 0.1) is 0 Å². The normalized spacial score (nSPS) is 22.1. The van der Waals surface area contributed by atoms with E-state index in [0.29, 0.717) is 49.4 Å². The van der Waals surface area contributed by atoms with E-state index >= 15 is 0 Å². The fourth-order valence-corrected chi connectivity index (χ4v) is 6.14. The smallest absolute Gasteiger partial charge is 0.410 e. The van der Waals surface area contributed by atoms with Crippen molar-refractivity contribution >= 4 is 29.5 Å². The molecule has 4 aliphatic rings. The van der Waals surface area contributed by atoms with E-state index in [1.54, 1.807) is 29.3 Å². The molecule has 3 fully saturated rings. The molecular formula is C29H34N6O5. The summed E-state index contributed by atoms with van der Waals surface area (Å²) in [5, 5.41) is 10.5. The number of fused-ring (bicyclic) bond motifs is 1. The van der Waals surface area contributed by atoms with Gasteiger partial charge in [-0.15, -0.1) is 0 Å². The predicted molar refractivity (Wildman–Crippen MR) is 145 cm³/mol.